The highest BCUT2D eigenvalue weighted by Crippen LogP contribution is 2.35. The Morgan fingerprint density at radius 3 is 2.58 bits per heavy atom. The number of aromatic carboxylic acids is 1. The van der Waals surface area contributed by atoms with Crippen LogP contribution in [0.2, 0.25) is 0 Å². The van der Waals surface area contributed by atoms with Crippen LogP contribution in [0.1, 0.15) is 15.9 Å². The lowest BCUT2D eigenvalue weighted by atomic mass is 10.0. The first-order valence-corrected chi connectivity index (χ1v) is 8.59. The molecule has 0 aromatic heterocycles. The lowest BCUT2D eigenvalue weighted by Crippen LogP contribution is -2.42. The van der Waals surface area contributed by atoms with E-state index >= 15 is 0 Å². The smallest absolute Gasteiger partial charge is 0.335 e. The van der Waals surface area contributed by atoms with Crippen molar-refractivity contribution in [3.8, 4) is 5.75 Å². The van der Waals surface area contributed by atoms with Crippen LogP contribution in [0.25, 0.3) is 0 Å². The second kappa shape index (κ2) is 5.81. The fourth-order valence-corrected chi connectivity index (χ4v) is 4.39. The highest BCUT2D eigenvalue weighted by molar-refractivity contribution is 7.93. The third kappa shape index (κ3) is 2.70. The van der Waals surface area contributed by atoms with E-state index in [1.54, 1.807) is 24.3 Å². The van der Waals surface area contributed by atoms with Crippen LogP contribution in [0.4, 0.5) is 5.69 Å². The van der Waals surface area contributed by atoms with Crippen molar-refractivity contribution in [2.24, 2.45) is 0 Å². The Labute approximate surface area is 138 Å². The van der Waals surface area contributed by atoms with E-state index in [1.807, 2.05) is 0 Å². The first-order valence-electron chi connectivity index (χ1n) is 7.15. The number of carboxylic acids is 1. The van der Waals surface area contributed by atoms with Crippen molar-refractivity contribution in [3.05, 3.63) is 53.6 Å². The number of phenols is 1. The third-order valence-corrected chi connectivity index (χ3v) is 5.68. The Morgan fingerprint density at radius 1 is 1.17 bits per heavy atom. The van der Waals surface area contributed by atoms with E-state index in [4.69, 9.17) is 5.11 Å². The van der Waals surface area contributed by atoms with E-state index in [0.717, 1.165) is 22.5 Å². The summed E-state index contributed by atoms with van der Waals surface area (Å²) in [6, 6.07) is 9.80. The number of aliphatic hydroxyl groups is 1. The van der Waals surface area contributed by atoms with Gasteiger partial charge in [0.15, 0.2) is 0 Å². The average molecular weight is 349 g/mol. The van der Waals surface area contributed by atoms with Crippen LogP contribution in [0.5, 0.6) is 5.75 Å². The summed E-state index contributed by atoms with van der Waals surface area (Å²) in [5, 5.41) is 29.0. The van der Waals surface area contributed by atoms with Gasteiger partial charge in [-0.2, -0.15) is 0 Å². The maximum Gasteiger partial charge on any atom is 0.335 e. The Balaban J connectivity index is 2.16. The minimum atomic E-state index is -4.24. The Morgan fingerprint density at radius 2 is 1.88 bits per heavy atom. The second-order valence-electron chi connectivity index (χ2n) is 5.51. The summed E-state index contributed by atoms with van der Waals surface area (Å²) in [7, 11) is -4.24. The van der Waals surface area contributed by atoms with Crippen LogP contribution < -0.4 is 4.31 Å². The van der Waals surface area contributed by atoms with Gasteiger partial charge in [-0.25, -0.2) is 13.2 Å². The van der Waals surface area contributed by atoms with Crippen molar-refractivity contribution in [1.29, 1.82) is 0 Å². The molecule has 0 aliphatic carbocycles. The molecule has 0 bridgehead atoms. The molecule has 126 valence electrons. The van der Waals surface area contributed by atoms with Crippen LogP contribution in [0, 0.1) is 0 Å². The maximum atomic E-state index is 13.0. The van der Waals surface area contributed by atoms with Gasteiger partial charge >= 0.3 is 5.97 Å². The number of carbonyl (C=O) groups is 1. The van der Waals surface area contributed by atoms with E-state index in [0.29, 0.717) is 17.7 Å². The van der Waals surface area contributed by atoms with Crippen LogP contribution in [0.3, 0.4) is 0 Å². The van der Waals surface area contributed by atoms with Crippen molar-refractivity contribution in [2.45, 2.75) is 17.4 Å². The van der Waals surface area contributed by atoms with Crippen LogP contribution >= 0.6 is 0 Å². The normalized spacial score (nSPS) is 17.4. The number of aromatic hydroxyl groups is 1. The monoisotopic (exact) mass is 349 g/mol. The number of nitrogens with zero attached hydrogens (tertiary/aromatic N) is 1. The number of benzene rings is 2. The van der Waals surface area contributed by atoms with E-state index in [9.17, 15) is 23.4 Å². The molecule has 0 radical (unpaired) electrons. The molecule has 8 heteroatoms. The number of hydrogen-bond donors (Lipinski definition) is 3. The summed E-state index contributed by atoms with van der Waals surface area (Å²) in [5.74, 6) is -1.84. The number of para-hydroxylation sites is 1. The van der Waals surface area contributed by atoms with Gasteiger partial charge in [-0.15, -0.1) is 0 Å². The van der Waals surface area contributed by atoms with Crippen LogP contribution in [0.15, 0.2) is 47.4 Å². The van der Waals surface area contributed by atoms with Gasteiger partial charge in [0, 0.05) is 6.42 Å². The molecule has 1 aliphatic heterocycles. The molecule has 2 aromatic rings. The van der Waals surface area contributed by atoms with Gasteiger partial charge in [-0.1, -0.05) is 18.2 Å². The van der Waals surface area contributed by atoms with Gasteiger partial charge in [-0.05, 0) is 29.8 Å². The van der Waals surface area contributed by atoms with Crippen LogP contribution in [-0.2, 0) is 16.4 Å². The number of phenolic OH excluding ortho intramolecular Hbond substituents is 1. The summed E-state index contributed by atoms with van der Waals surface area (Å²) < 4.78 is 26.9. The molecule has 7 nitrogen and oxygen atoms in total. The SMILES string of the molecule is O=C(O)c1ccc(O)c(S(=O)(=O)N2CC(O)Cc3ccccc32)c1. The first-order chi connectivity index (χ1) is 11.3. The van der Waals surface area contributed by atoms with Crippen molar-refractivity contribution < 1.29 is 28.5 Å². The standard InChI is InChI=1S/C16H15NO6S/c18-12-7-10-3-1-2-4-13(10)17(9-12)24(22,23)15-8-11(16(20)21)5-6-14(15)19/h1-6,8,12,18-19H,7,9H2,(H,20,21). The quantitative estimate of drug-likeness (QED) is 0.767. The molecule has 2 aromatic carbocycles. The zero-order valence-corrected chi connectivity index (χ0v) is 13.3. The van der Waals surface area contributed by atoms with Crippen molar-refractivity contribution in [2.75, 3.05) is 10.8 Å². The Kier molecular flexibility index (Phi) is 3.94. The van der Waals surface area contributed by atoms with Crippen molar-refractivity contribution >= 4 is 21.7 Å². The van der Waals surface area contributed by atoms with E-state index < -0.39 is 32.7 Å². The van der Waals surface area contributed by atoms with Gasteiger partial charge in [0.25, 0.3) is 10.0 Å². The molecule has 3 rings (SSSR count). The highest BCUT2D eigenvalue weighted by atomic mass is 32.2. The Hall–Kier alpha value is -2.58. The zero-order chi connectivity index (χ0) is 17.5. The zero-order valence-electron chi connectivity index (χ0n) is 12.5. The number of β-amino-alcohol motifs (C(OH)–C–C–N with tert-alkyl or cyclic N) is 1. The van der Waals surface area contributed by atoms with Gasteiger partial charge < -0.3 is 15.3 Å². The Bertz CT molecular complexity index is 909. The number of fused-ring (bicyclic) bond motifs is 1. The number of carboxylic acid groups (broad SMARTS) is 1. The molecule has 1 unspecified atom stereocenters. The largest absolute Gasteiger partial charge is 0.507 e. The summed E-state index contributed by atoms with van der Waals surface area (Å²) >= 11 is 0. The minimum absolute atomic E-state index is 0.171. The molecule has 24 heavy (non-hydrogen) atoms. The fourth-order valence-electron chi connectivity index (χ4n) is 2.73. The lowest BCUT2D eigenvalue weighted by molar-refractivity contribution is 0.0696. The topological polar surface area (TPSA) is 115 Å². The molecular weight excluding hydrogens is 334 g/mol. The summed E-state index contributed by atoms with van der Waals surface area (Å²) in [4.78, 5) is 10.6. The molecule has 0 amide bonds. The predicted molar refractivity (Wildman–Crippen MR) is 85.8 cm³/mol. The predicted octanol–water partition coefficient (Wildman–Crippen LogP) is 1.20. The summed E-state index contributed by atoms with van der Waals surface area (Å²) in [6.07, 6.45) is -0.567. The number of anilines is 1. The number of aliphatic hydroxyl groups excluding tert-OH is 1. The van der Waals surface area contributed by atoms with Crippen LogP contribution in [-0.4, -0.2) is 42.4 Å². The van der Waals surface area contributed by atoms with Gasteiger partial charge in [0.05, 0.1) is 23.9 Å². The molecule has 0 fully saturated rings. The van der Waals surface area contributed by atoms with E-state index in [2.05, 4.69) is 0 Å². The summed E-state index contributed by atoms with van der Waals surface area (Å²) in [6.45, 7) is -0.171. The maximum absolute atomic E-state index is 13.0. The molecule has 1 heterocycles. The van der Waals surface area contributed by atoms with Gasteiger partial charge in [0.2, 0.25) is 0 Å². The number of hydrogen-bond acceptors (Lipinski definition) is 5. The lowest BCUT2D eigenvalue weighted by Gasteiger charge is -2.33. The molecule has 0 spiro atoms. The number of sulfonamides is 1. The van der Waals surface area contributed by atoms with Gasteiger partial charge in [0.1, 0.15) is 10.6 Å². The second-order valence-corrected chi connectivity index (χ2v) is 7.34. The molecule has 1 aliphatic rings. The molecule has 0 saturated carbocycles. The first kappa shape index (κ1) is 16.3. The number of rotatable bonds is 3. The highest BCUT2D eigenvalue weighted by Gasteiger charge is 2.34. The summed E-state index contributed by atoms with van der Waals surface area (Å²) in [5.41, 5.74) is 0.814. The van der Waals surface area contributed by atoms with E-state index in [-0.39, 0.29) is 12.1 Å². The average Bonchev–Trinajstić information content (AvgIpc) is 2.54. The molecule has 1 atom stereocenters. The van der Waals surface area contributed by atoms with Crippen molar-refractivity contribution in [3.63, 3.8) is 0 Å². The van der Waals surface area contributed by atoms with Gasteiger partial charge in [-0.3, -0.25) is 4.31 Å². The molecule has 0 saturated heterocycles. The third-order valence-electron chi connectivity index (χ3n) is 3.87. The minimum Gasteiger partial charge on any atom is -0.507 e. The fraction of sp³-hybridized carbons (Fsp3) is 0.188. The van der Waals surface area contributed by atoms with Crippen molar-refractivity contribution in [1.82, 2.24) is 0 Å². The molecule has 3 N–H and O–H groups in total. The molecular formula is C16H15NO6S. The van der Waals surface area contributed by atoms with E-state index in [1.165, 1.54) is 0 Å².